The van der Waals surface area contributed by atoms with Crippen molar-refractivity contribution in [1.82, 2.24) is 24.9 Å². The van der Waals surface area contributed by atoms with E-state index < -0.39 is 23.5 Å². The number of carbonyl (C=O) groups excluding carboxylic acids is 1. The number of halogens is 3. The van der Waals surface area contributed by atoms with E-state index in [1.807, 2.05) is 0 Å². The molecule has 2 N–H and O–H groups in total. The van der Waals surface area contributed by atoms with Crippen LogP contribution in [0.1, 0.15) is 29.3 Å². The molecule has 206 valence electrons. The topological polar surface area (TPSA) is 124 Å². The first-order valence-electron chi connectivity index (χ1n) is 12.0. The van der Waals surface area contributed by atoms with Crippen LogP contribution < -0.4 is 10.9 Å². The molecule has 1 amide bonds. The second-order valence-corrected chi connectivity index (χ2v) is 8.81. The number of nitrogens with one attached hydrogen (secondary N) is 2. The van der Waals surface area contributed by atoms with Gasteiger partial charge in [0.05, 0.1) is 25.0 Å². The Morgan fingerprint density at radius 3 is 2.62 bits per heavy atom. The fraction of sp³-hybridized carbons (Fsp3) is 0.259. The Labute approximate surface area is 224 Å². The monoisotopic (exact) mass is 553 g/mol. The molecule has 40 heavy (non-hydrogen) atoms. The van der Waals surface area contributed by atoms with Crippen molar-refractivity contribution in [3.8, 4) is 34.9 Å². The summed E-state index contributed by atoms with van der Waals surface area (Å²) in [4.78, 5) is 34.7. The van der Waals surface area contributed by atoms with E-state index in [1.165, 1.54) is 25.3 Å². The summed E-state index contributed by atoms with van der Waals surface area (Å²) in [5.41, 5.74) is -2.62. The molecule has 1 aliphatic heterocycles. The number of hydrogen-bond acceptors (Lipinski definition) is 7. The number of rotatable bonds is 7. The predicted octanol–water partition coefficient (Wildman–Crippen LogP) is 3.70. The highest BCUT2D eigenvalue weighted by molar-refractivity contribution is 5.83. The van der Waals surface area contributed by atoms with Gasteiger partial charge in [-0.2, -0.15) is 17.7 Å². The van der Waals surface area contributed by atoms with Gasteiger partial charge in [0, 0.05) is 12.6 Å². The SMILES string of the molecule is C#C/C=C(/OC)c1nc(-c2c(COC3CCNC3=O)nc3c(-c4ccccc4)c(C(F)(F)F)[nH]n3c2=O)oc1C. The average molecular weight is 553 g/mol. The zero-order valence-corrected chi connectivity index (χ0v) is 21.3. The molecular weight excluding hydrogens is 531 g/mol. The summed E-state index contributed by atoms with van der Waals surface area (Å²) in [5.74, 6) is 2.15. The molecule has 1 aromatic carbocycles. The predicted molar refractivity (Wildman–Crippen MR) is 137 cm³/mol. The van der Waals surface area contributed by atoms with Gasteiger partial charge < -0.3 is 19.2 Å². The van der Waals surface area contributed by atoms with Gasteiger partial charge in [0.15, 0.2) is 11.4 Å². The molecule has 4 aromatic rings. The molecule has 1 saturated heterocycles. The lowest BCUT2D eigenvalue weighted by molar-refractivity contribution is -0.140. The van der Waals surface area contributed by atoms with Gasteiger partial charge in [-0.25, -0.2) is 9.97 Å². The second kappa shape index (κ2) is 10.4. The van der Waals surface area contributed by atoms with Crippen LogP contribution >= 0.6 is 0 Å². The van der Waals surface area contributed by atoms with Crippen molar-refractivity contribution >= 4 is 17.3 Å². The van der Waals surface area contributed by atoms with Crippen molar-refractivity contribution in [3.63, 3.8) is 0 Å². The number of oxazole rings is 1. The van der Waals surface area contributed by atoms with E-state index in [2.05, 4.69) is 26.3 Å². The zero-order valence-electron chi connectivity index (χ0n) is 21.3. The van der Waals surface area contributed by atoms with Gasteiger partial charge in [-0.3, -0.25) is 14.7 Å². The maximum atomic E-state index is 14.2. The minimum atomic E-state index is -4.84. The van der Waals surface area contributed by atoms with E-state index in [9.17, 15) is 22.8 Å². The largest absolute Gasteiger partial charge is 0.494 e. The highest BCUT2D eigenvalue weighted by atomic mass is 19.4. The van der Waals surface area contributed by atoms with Gasteiger partial charge in [-0.05, 0) is 18.9 Å². The highest BCUT2D eigenvalue weighted by Gasteiger charge is 2.39. The average Bonchev–Trinajstić information content (AvgIpc) is 3.63. The lowest BCUT2D eigenvalue weighted by Crippen LogP contribution is -2.26. The van der Waals surface area contributed by atoms with E-state index in [4.69, 9.17) is 20.3 Å². The zero-order chi connectivity index (χ0) is 28.6. The number of aryl methyl sites for hydroxylation is 1. The minimum Gasteiger partial charge on any atom is -0.494 e. The molecule has 10 nitrogen and oxygen atoms in total. The Morgan fingerprint density at radius 1 is 1.25 bits per heavy atom. The van der Waals surface area contributed by atoms with Gasteiger partial charge in [-0.15, -0.1) is 6.42 Å². The number of carbonyl (C=O) groups is 1. The number of methoxy groups -OCH3 is 1. The lowest BCUT2D eigenvalue weighted by Gasteiger charge is -2.11. The molecule has 1 fully saturated rings. The van der Waals surface area contributed by atoms with Crippen LogP contribution in [0.25, 0.3) is 34.0 Å². The molecular formula is C27H22F3N5O5. The molecule has 0 aliphatic carbocycles. The van der Waals surface area contributed by atoms with Crippen LogP contribution in [0.2, 0.25) is 0 Å². The summed E-state index contributed by atoms with van der Waals surface area (Å²) < 4.78 is 60.0. The van der Waals surface area contributed by atoms with Crippen LogP contribution in [-0.2, 0) is 27.1 Å². The number of alkyl halides is 3. The third-order valence-electron chi connectivity index (χ3n) is 6.30. The van der Waals surface area contributed by atoms with E-state index in [1.54, 1.807) is 25.1 Å². The van der Waals surface area contributed by atoms with Crippen molar-refractivity contribution in [1.29, 1.82) is 0 Å². The van der Waals surface area contributed by atoms with Crippen molar-refractivity contribution in [2.24, 2.45) is 0 Å². The van der Waals surface area contributed by atoms with E-state index in [0.29, 0.717) is 17.5 Å². The minimum absolute atomic E-state index is 0.0673. The van der Waals surface area contributed by atoms with Gasteiger partial charge in [0.25, 0.3) is 5.56 Å². The summed E-state index contributed by atoms with van der Waals surface area (Å²) in [5, 5.41) is 4.81. The fourth-order valence-corrected chi connectivity index (χ4v) is 4.46. The van der Waals surface area contributed by atoms with Crippen molar-refractivity contribution in [3.05, 3.63) is 69.6 Å². The lowest BCUT2D eigenvalue weighted by atomic mass is 10.1. The molecule has 13 heteroatoms. The highest BCUT2D eigenvalue weighted by Crippen LogP contribution is 2.38. The van der Waals surface area contributed by atoms with E-state index >= 15 is 0 Å². The molecule has 1 unspecified atom stereocenters. The van der Waals surface area contributed by atoms with E-state index in [0.717, 1.165) is 0 Å². The molecule has 5 rings (SSSR count). The summed E-state index contributed by atoms with van der Waals surface area (Å²) in [7, 11) is 1.37. The maximum absolute atomic E-state index is 14.2. The van der Waals surface area contributed by atoms with Gasteiger partial charge in [0.1, 0.15) is 28.8 Å². The van der Waals surface area contributed by atoms with Gasteiger partial charge in [0.2, 0.25) is 11.8 Å². The quantitative estimate of drug-likeness (QED) is 0.264. The third kappa shape index (κ3) is 4.73. The molecule has 0 spiro atoms. The van der Waals surface area contributed by atoms with Crippen molar-refractivity contribution < 1.29 is 31.9 Å². The summed E-state index contributed by atoms with van der Waals surface area (Å²) in [6.45, 7) is 1.58. The first-order chi connectivity index (χ1) is 19.1. The van der Waals surface area contributed by atoms with Gasteiger partial charge >= 0.3 is 6.18 Å². The number of aromatic nitrogens is 4. The van der Waals surface area contributed by atoms with Crippen LogP contribution in [0.3, 0.4) is 0 Å². The Bertz CT molecular complexity index is 1730. The second-order valence-electron chi connectivity index (χ2n) is 8.81. The molecule has 1 aliphatic rings. The maximum Gasteiger partial charge on any atom is 0.433 e. The number of aromatic amines is 1. The summed E-state index contributed by atoms with van der Waals surface area (Å²) in [6.07, 6.45) is 1.38. The Morgan fingerprint density at radius 2 is 2.00 bits per heavy atom. The van der Waals surface area contributed by atoms with Gasteiger partial charge in [-0.1, -0.05) is 36.3 Å². The summed E-state index contributed by atoms with van der Waals surface area (Å²) >= 11 is 0. The number of allylic oxidation sites excluding steroid dienone is 1. The molecule has 1 atom stereocenters. The Kier molecular flexibility index (Phi) is 6.95. The van der Waals surface area contributed by atoms with E-state index in [-0.39, 0.29) is 63.6 Å². The normalized spacial score (nSPS) is 15.8. The third-order valence-corrected chi connectivity index (χ3v) is 6.30. The van der Waals surface area contributed by atoms with Crippen LogP contribution in [0.4, 0.5) is 13.2 Å². The molecule has 4 heterocycles. The van der Waals surface area contributed by atoms with Crippen LogP contribution in [-0.4, -0.2) is 45.2 Å². The molecule has 3 aromatic heterocycles. The number of amides is 1. The summed E-state index contributed by atoms with van der Waals surface area (Å²) in [6, 6.07) is 7.75. The molecule has 0 saturated carbocycles. The number of terminal acetylenes is 1. The smallest absolute Gasteiger partial charge is 0.433 e. The number of ether oxygens (including phenoxy) is 2. The van der Waals surface area contributed by atoms with Crippen molar-refractivity contribution in [2.45, 2.75) is 32.2 Å². The van der Waals surface area contributed by atoms with Crippen LogP contribution in [0.15, 0.2) is 45.6 Å². The number of benzene rings is 1. The first kappa shape index (κ1) is 26.8. The Balaban J connectivity index is 1.77. The number of nitrogens with zero attached hydrogens (tertiary/aromatic N) is 3. The number of H-pyrrole nitrogens is 1. The standard InChI is InChI=1S/C27H22F3N5O5/c1-4-8-17(38-3)21-14(2)40-25(33-21)20-16(13-39-18-11-12-31-24(18)36)32-23-19(15-9-6-5-7-10-15)22(27(28,29)30)34-35(23)26(20)37/h1,5-10,18,34H,11-13H2,2-3H3,(H,31,36)/b17-8+. The van der Waals surface area contributed by atoms with Crippen LogP contribution in [0.5, 0.6) is 0 Å². The fourth-order valence-electron chi connectivity index (χ4n) is 4.46. The first-order valence-corrected chi connectivity index (χ1v) is 12.0. The van der Waals surface area contributed by atoms with Crippen molar-refractivity contribution in [2.75, 3.05) is 13.7 Å². The molecule has 0 bridgehead atoms. The molecule has 0 radical (unpaired) electrons. The number of hydrogen-bond donors (Lipinski definition) is 2. The van der Waals surface area contributed by atoms with Crippen LogP contribution in [0, 0.1) is 19.3 Å². The number of fused-ring (bicyclic) bond motifs is 1. The Hall–Kier alpha value is -4.83.